The standard InChI is InChI=1S/C14H21NO2/c1-5-6-13(16)15-14(2,3)11-7-9-12(17-4)10-8-11/h7-10H,5-6H2,1-4H3,(H,15,16). The van der Waals surface area contributed by atoms with Gasteiger partial charge in [0.15, 0.2) is 0 Å². The second-order valence-corrected chi connectivity index (χ2v) is 4.65. The van der Waals surface area contributed by atoms with Crippen LogP contribution in [0.2, 0.25) is 0 Å². The Bertz CT molecular complexity index is 368. The topological polar surface area (TPSA) is 38.3 Å². The SMILES string of the molecule is CCCC(=O)NC(C)(C)c1ccc(OC)cc1. The van der Waals surface area contributed by atoms with Gasteiger partial charge in [0.25, 0.3) is 0 Å². The van der Waals surface area contributed by atoms with E-state index in [4.69, 9.17) is 4.74 Å². The summed E-state index contributed by atoms with van der Waals surface area (Å²) in [6, 6.07) is 7.77. The predicted octanol–water partition coefficient (Wildman–Crippen LogP) is 2.85. The first-order valence-corrected chi connectivity index (χ1v) is 5.95. The van der Waals surface area contributed by atoms with Crippen molar-refractivity contribution in [2.45, 2.75) is 39.2 Å². The molecule has 1 aromatic carbocycles. The van der Waals surface area contributed by atoms with Gasteiger partial charge in [0, 0.05) is 6.42 Å². The molecule has 0 aliphatic heterocycles. The third kappa shape index (κ3) is 3.77. The van der Waals surface area contributed by atoms with Crippen molar-refractivity contribution in [3.8, 4) is 5.75 Å². The van der Waals surface area contributed by atoms with E-state index < -0.39 is 0 Å². The zero-order chi connectivity index (χ0) is 12.9. The molecule has 0 aliphatic rings. The molecular formula is C14H21NO2. The van der Waals surface area contributed by atoms with Crippen LogP contribution in [-0.4, -0.2) is 13.0 Å². The summed E-state index contributed by atoms with van der Waals surface area (Å²) < 4.78 is 5.11. The molecule has 0 saturated heterocycles. The van der Waals surface area contributed by atoms with Crippen molar-refractivity contribution < 1.29 is 9.53 Å². The van der Waals surface area contributed by atoms with E-state index in [0.717, 1.165) is 17.7 Å². The van der Waals surface area contributed by atoms with Gasteiger partial charge in [0.1, 0.15) is 5.75 Å². The van der Waals surface area contributed by atoms with Crippen LogP contribution in [-0.2, 0) is 10.3 Å². The molecule has 3 nitrogen and oxygen atoms in total. The number of hydrogen-bond acceptors (Lipinski definition) is 2. The maximum absolute atomic E-state index is 11.6. The summed E-state index contributed by atoms with van der Waals surface area (Å²) in [7, 11) is 1.64. The zero-order valence-corrected chi connectivity index (χ0v) is 11.0. The summed E-state index contributed by atoms with van der Waals surface area (Å²) in [5.74, 6) is 0.915. The minimum Gasteiger partial charge on any atom is -0.497 e. The highest BCUT2D eigenvalue weighted by Crippen LogP contribution is 2.22. The third-order valence-corrected chi connectivity index (χ3v) is 2.74. The quantitative estimate of drug-likeness (QED) is 0.852. The van der Waals surface area contributed by atoms with Gasteiger partial charge in [-0.3, -0.25) is 4.79 Å². The molecule has 0 radical (unpaired) electrons. The Hall–Kier alpha value is -1.51. The van der Waals surface area contributed by atoms with Crippen molar-refractivity contribution in [1.29, 1.82) is 0 Å². The number of amides is 1. The number of ether oxygens (including phenoxy) is 1. The molecule has 0 spiro atoms. The summed E-state index contributed by atoms with van der Waals surface area (Å²) in [5.41, 5.74) is 0.723. The van der Waals surface area contributed by atoms with Crippen LogP contribution >= 0.6 is 0 Å². The van der Waals surface area contributed by atoms with Crippen molar-refractivity contribution in [2.24, 2.45) is 0 Å². The van der Waals surface area contributed by atoms with Crippen LogP contribution in [0.3, 0.4) is 0 Å². The summed E-state index contributed by atoms with van der Waals surface area (Å²) >= 11 is 0. The normalized spacial score (nSPS) is 11.1. The molecule has 0 bridgehead atoms. The Kier molecular flexibility index (Phi) is 4.55. The molecule has 0 atom stereocenters. The Labute approximate surface area is 103 Å². The Morgan fingerprint density at radius 3 is 2.35 bits per heavy atom. The van der Waals surface area contributed by atoms with Gasteiger partial charge < -0.3 is 10.1 Å². The summed E-state index contributed by atoms with van der Waals surface area (Å²) in [6.07, 6.45) is 1.43. The van der Waals surface area contributed by atoms with Crippen LogP contribution in [0.4, 0.5) is 0 Å². The summed E-state index contributed by atoms with van der Waals surface area (Å²) in [6.45, 7) is 6.00. The number of methoxy groups -OCH3 is 1. The molecule has 0 aromatic heterocycles. The lowest BCUT2D eigenvalue weighted by Gasteiger charge is -2.27. The molecule has 0 unspecified atom stereocenters. The number of rotatable bonds is 5. The molecule has 0 aliphatic carbocycles. The van der Waals surface area contributed by atoms with Crippen molar-refractivity contribution in [1.82, 2.24) is 5.32 Å². The van der Waals surface area contributed by atoms with Crippen LogP contribution in [0.25, 0.3) is 0 Å². The predicted molar refractivity (Wildman–Crippen MR) is 69.1 cm³/mol. The Morgan fingerprint density at radius 2 is 1.88 bits per heavy atom. The van der Waals surface area contributed by atoms with Gasteiger partial charge in [-0.1, -0.05) is 19.1 Å². The highest BCUT2D eigenvalue weighted by atomic mass is 16.5. The van der Waals surface area contributed by atoms with E-state index >= 15 is 0 Å². The molecular weight excluding hydrogens is 214 g/mol. The molecule has 17 heavy (non-hydrogen) atoms. The van der Waals surface area contributed by atoms with Crippen LogP contribution in [0, 0.1) is 0 Å². The summed E-state index contributed by atoms with van der Waals surface area (Å²) in [5, 5.41) is 3.03. The van der Waals surface area contributed by atoms with E-state index in [-0.39, 0.29) is 11.4 Å². The maximum atomic E-state index is 11.6. The van der Waals surface area contributed by atoms with Gasteiger partial charge in [-0.15, -0.1) is 0 Å². The fourth-order valence-corrected chi connectivity index (χ4v) is 1.72. The molecule has 0 heterocycles. The Morgan fingerprint density at radius 1 is 1.29 bits per heavy atom. The van der Waals surface area contributed by atoms with E-state index in [2.05, 4.69) is 5.32 Å². The molecule has 1 rings (SSSR count). The van der Waals surface area contributed by atoms with Crippen molar-refractivity contribution in [3.63, 3.8) is 0 Å². The first kappa shape index (κ1) is 13.6. The van der Waals surface area contributed by atoms with Crippen LogP contribution in [0.1, 0.15) is 39.2 Å². The van der Waals surface area contributed by atoms with Gasteiger partial charge in [-0.25, -0.2) is 0 Å². The van der Waals surface area contributed by atoms with Crippen molar-refractivity contribution in [2.75, 3.05) is 7.11 Å². The van der Waals surface area contributed by atoms with Crippen LogP contribution in [0.15, 0.2) is 24.3 Å². The zero-order valence-electron chi connectivity index (χ0n) is 11.0. The highest BCUT2D eigenvalue weighted by Gasteiger charge is 2.22. The first-order chi connectivity index (χ1) is 7.99. The largest absolute Gasteiger partial charge is 0.497 e. The molecule has 0 saturated carbocycles. The minimum absolute atomic E-state index is 0.0910. The molecule has 1 N–H and O–H groups in total. The highest BCUT2D eigenvalue weighted by molar-refractivity contribution is 5.76. The lowest BCUT2D eigenvalue weighted by atomic mass is 9.94. The second kappa shape index (κ2) is 5.71. The van der Waals surface area contributed by atoms with Gasteiger partial charge in [0.2, 0.25) is 5.91 Å². The van der Waals surface area contributed by atoms with Gasteiger partial charge in [-0.05, 0) is 38.0 Å². The average molecular weight is 235 g/mol. The maximum Gasteiger partial charge on any atom is 0.220 e. The third-order valence-electron chi connectivity index (χ3n) is 2.74. The number of carbonyl (C=O) groups excluding carboxylic acids is 1. The van der Waals surface area contributed by atoms with Crippen LogP contribution < -0.4 is 10.1 Å². The van der Waals surface area contributed by atoms with Gasteiger partial charge in [-0.2, -0.15) is 0 Å². The molecule has 0 fully saturated rings. The van der Waals surface area contributed by atoms with E-state index in [1.165, 1.54) is 0 Å². The summed E-state index contributed by atoms with van der Waals surface area (Å²) in [4.78, 5) is 11.6. The van der Waals surface area contributed by atoms with E-state index in [1.807, 2.05) is 45.0 Å². The monoisotopic (exact) mass is 235 g/mol. The molecule has 94 valence electrons. The van der Waals surface area contributed by atoms with E-state index in [9.17, 15) is 4.79 Å². The molecule has 3 heteroatoms. The van der Waals surface area contributed by atoms with Gasteiger partial charge >= 0.3 is 0 Å². The first-order valence-electron chi connectivity index (χ1n) is 5.95. The average Bonchev–Trinajstić information content (AvgIpc) is 2.28. The minimum atomic E-state index is -0.349. The smallest absolute Gasteiger partial charge is 0.220 e. The fourth-order valence-electron chi connectivity index (χ4n) is 1.72. The number of carbonyl (C=O) groups is 1. The number of benzene rings is 1. The van der Waals surface area contributed by atoms with Gasteiger partial charge in [0.05, 0.1) is 12.6 Å². The van der Waals surface area contributed by atoms with Crippen molar-refractivity contribution >= 4 is 5.91 Å². The lowest BCUT2D eigenvalue weighted by molar-refractivity contribution is -0.122. The number of hydrogen-bond donors (Lipinski definition) is 1. The lowest BCUT2D eigenvalue weighted by Crippen LogP contribution is -2.40. The molecule has 1 amide bonds. The second-order valence-electron chi connectivity index (χ2n) is 4.65. The molecule has 1 aromatic rings. The number of nitrogens with one attached hydrogen (secondary N) is 1. The fraction of sp³-hybridized carbons (Fsp3) is 0.500. The van der Waals surface area contributed by atoms with Crippen LogP contribution in [0.5, 0.6) is 5.75 Å². The van der Waals surface area contributed by atoms with Crippen molar-refractivity contribution in [3.05, 3.63) is 29.8 Å². The van der Waals surface area contributed by atoms with E-state index in [1.54, 1.807) is 7.11 Å². The Balaban J connectivity index is 2.77. The van der Waals surface area contributed by atoms with E-state index in [0.29, 0.717) is 6.42 Å².